The van der Waals surface area contributed by atoms with Crippen LogP contribution in [-0.4, -0.2) is 39.5 Å². The van der Waals surface area contributed by atoms with Crippen LogP contribution in [0.5, 0.6) is 5.88 Å². The SMILES string of the molecule is CC(C)(C)OC(=O)N1CCc2cc(C=O)c(O)nc2C1. The second-order valence-electron chi connectivity index (χ2n) is 5.78. The molecule has 0 saturated carbocycles. The number of aldehydes is 1. The summed E-state index contributed by atoms with van der Waals surface area (Å²) in [6, 6.07) is 1.62. The van der Waals surface area contributed by atoms with Crippen LogP contribution in [0.15, 0.2) is 6.07 Å². The number of aromatic nitrogens is 1. The van der Waals surface area contributed by atoms with Gasteiger partial charge < -0.3 is 14.7 Å². The van der Waals surface area contributed by atoms with E-state index in [1.54, 1.807) is 11.0 Å². The maximum Gasteiger partial charge on any atom is 0.410 e. The van der Waals surface area contributed by atoms with E-state index in [9.17, 15) is 14.7 Å². The molecule has 0 spiro atoms. The van der Waals surface area contributed by atoms with Gasteiger partial charge in [-0.25, -0.2) is 9.78 Å². The van der Waals surface area contributed by atoms with Gasteiger partial charge in [-0.1, -0.05) is 0 Å². The monoisotopic (exact) mass is 278 g/mol. The van der Waals surface area contributed by atoms with Crippen molar-refractivity contribution in [1.29, 1.82) is 0 Å². The summed E-state index contributed by atoms with van der Waals surface area (Å²) in [7, 11) is 0. The summed E-state index contributed by atoms with van der Waals surface area (Å²) in [5.74, 6) is -0.301. The van der Waals surface area contributed by atoms with Crippen LogP contribution in [0.4, 0.5) is 4.79 Å². The standard InChI is InChI=1S/C14H18N2O4/c1-14(2,3)20-13(19)16-5-4-9-6-10(8-17)12(18)15-11(9)7-16/h6,8H,4-5,7H2,1-3H3,(H,15,18). The first-order valence-corrected chi connectivity index (χ1v) is 6.45. The van der Waals surface area contributed by atoms with E-state index < -0.39 is 11.7 Å². The third-order valence-corrected chi connectivity index (χ3v) is 2.97. The van der Waals surface area contributed by atoms with E-state index in [4.69, 9.17) is 4.74 Å². The fourth-order valence-electron chi connectivity index (χ4n) is 2.04. The third-order valence-electron chi connectivity index (χ3n) is 2.97. The molecule has 0 radical (unpaired) electrons. The Hall–Kier alpha value is -2.11. The van der Waals surface area contributed by atoms with Gasteiger partial charge in [0.15, 0.2) is 6.29 Å². The first kappa shape index (κ1) is 14.3. The van der Waals surface area contributed by atoms with Gasteiger partial charge in [0.2, 0.25) is 5.88 Å². The molecule has 1 aromatic rings. The van der Waals surface area contributed by atoms with Crippen LogP contribution in [0.1, 0.15) is 42.4 Å². The molecule has 0 unspecified atom stereocenters. The van der Waals surface area contributed by atoms with Crippen LogP contribution in [0, 0.1) is 0 Å². The lowest BCUT2D eigenvalue weighted by Crippen LogP contribution is -2.40. The first-order chi connectivity index (χ1) is 9.30. The Morgan fingerprint density at radius 3 is 2.80 bits per heavy atom. The van der Waals surface area contributed by atoms with E-state index in [1.165, 1.54) is 0 Å². The van der Waals surface area contributed by atoms with Gasteiger partial charge in [-0.2, -0.15) is 0 Å². The molecule has 108 valence electrons. The first-order valence-electron chi connectivity index (χ1n) is 6.45. The third kappa shape index (κ3) is 3.07. The normalized spacial score (nSPS) is 14.7. The maximum absolute atomic E-state index is 12.0. The topological polar surface area (TPSA) is 79.7 Å². The molecule has 6 heteroatoms. The zero-order valence-corrected chi connectivity index (χ0v) is 11.8. The minimum atomic E-state index is -0.547. The molecule has 1 aromatic heterocycles. The van der Waals surface area contributed by atoms with Crippen molar-refractivity contribution >= 4 is 12.4 Å². The van der Waals surface area contributed by atoms with Crippen LogP contribution in [0.2, 0.25) is 0 Å². The zero-order valence-electron chi connectivity index (χ0n) is 11.8. The number of aromatic hydroxyl groups is 1. The second kappa shape index (κ2) is 5.11. The molecular weight excluding hydrogens is 260 g/mol. The Labute approximate surface area is 117 Å². The quantitative estimate of drug-likeness (QED) is 0.793. The predicted molar refractivity (Wildman–Crippen MR) is 71.6 cm³/mol. The summed E-state index contributed by atoms with van der Waals surface area (Å²) in [5.41, 5.74) is 1.11. The van der Waals surface area contributed by atoms with Gasteiger partial charge in [0.1, 0.15) is 5.60 Å². The lowest BCUT2D eigenvalue weighted by Gasteiger charge is -2.30. The Balaban J connectivity index is 2.17. The number of pyridine rings is 1. The summed E-state index contributed by atoms with van der Waals surface area (Å²) in [5, 5.41) is 9.60. The molecule has 1 aliphatic heterocycles. The van der Waals surface area contributed by atoms with Crippen LogP contribution in [-0.2, 0) is 17.7 Å². The number of hydrogen-bond donors (Lipinski definition) is 1. The van der Waals surface area contributed by atoms with E-state index in [0.717, 1.165) is 5.56 Å². The number of hydrogen-bond acceptors (Lipinski definition) is 5. The highest BCUT2D eigenvalue weighted by Gasteiger charge is 2.27. The molecule has 1 amide bonds. The average Bonchev–Trinajstić information content (AvgIpc) is 2.35. The van der Waals surface area contributed by atoms with Crippen molar-refractivity contribution in [1.82, 2.24) is 9.88 Å². The Morgan fingerprint density at radius 2 is 2.20 bits per heavy atom. The van der Waals surface area contributed by atoms with E-state index in [2.05, 4.69) is 4.98 Å². The molecule has 2 heterocycles. The van der Waals surface area contributed by atoms with Crippen molar-refractivity contribution in [2.75, 3.05) is 6.54 Å². The Morgan fingerprint density at radius 1 is 1.50 bits per heavy atom. The van der Waals surface area contributed by atoms with Crippen LogP contribution in [0.3, 0.4) is 0 Å². The molecule has 0 saturated heterocycles. The van der Waals surface area contributed by atoms with Gasteiger partial charge in [0, 0.05) is 6.54 Å². The smallest absolute Gasteiger partial charge is 0.410 e. The van der Waals surface area contributed by atoms with Crippen molar-refractivity contribution in [3.05, 3.63) is 22.9 Å². The molecule has 6 nitrogen and oxygen atoms in total. The van der Waals surface area contributed by atoms with Crippen LogP contribution < -0.4 is 0 Å². The van der Waals surface area contributed by atoms with Gasteiger partial charge >= 0.3 is 6.09 Å². The maximum atomic E-state index is 12.0. The number of nitrogens with zero attached hydrogens (tertiary/aromatic N) is 2. The molecule has 0 aliphatic carbocycles. The van der Waals surface area contributed by atoms with Crippen molar-refractivity contribution in [2.45, 2.75) is 39.3 Å². The predicted octanol–water partition coefficient (Wildman–Crippen LogP) is 1.89. The molecular formula is C14H18N2O4. The summed E-state index contributed by atoms with van der Waals surface area (Å²) < 4.78 is 5.31. The van der Waals surface area contributed by atoms with Gasteiger partial charge in [-0.05, 0) is 38.8 Å². The van der Waals surface area contributed by atoms with Crippen molar-refractivity contribution in [3.8, 4) is 5.88 Å². The molecule has 1 N–H and O–H groups in total. The fourth-order valence-corrected chi connectivity index (χ4v) is 2.04. The number of fused-ring (bicyclic) bond motifs is 1. The summed E-state index contributed by atoms with van der Waals surface area (Å²) in [6.07, 6.45) is 0.759. The highest BCUT2D eigenvalue weighted by Crippen LogP contribution is 2.24. The minimum absolute atomic E-state index is 0.175. The zero-order chi connectivity index (χ0) is 14.9. The van der Waals surface area contributed by atoms with Gasteiger partial charge in [0.25, 0.3) is 0 Å². The molecule has 2 rings (SSSR count). The largest absolute Gasteiger partial charge is 0.493 e. The Kier molecular flexibility index (Phi) is 3.65. The molecule has 0 atom stereocenters. The summed E-state index contributed by atoms with van der Waals surface area (Å²) in [6.45, 7) is 6.21. The summed E-state index contributed by atoms with van der Waals surface area (Å²) in [4.78, 5) is 28.3. The van der Waals surface area contributed by atoms with Crippen molar-refractivity contribution in [2.24, 2.45) is 0 Å². The molecule has 1 aliphatic rings. The number of carbonyl (C=O) groups is 2. The molecule has 0 aromatic carbocycles. The number of rotatable bonds is 1. The van der Waals surface area contributed by atoms with Crippen LogP contribution in [0.25, 0.3) is 0 Å². The highest BCUT2D eigenvalue weighted by atomic mass is 16.6. The lowest BCUT2D eigenvalue weighted by molar-refractivity contribution is 0.0220. The Bertz CT molecular complexity index is 549. The summed E-state index contributed by atoms with van der Waals surface area (Å²) >= 11 is 0. The fraction of sp³-hybridized carbons (Fsp3) is 0.500. The number of amides is 1. The van der Waals surface area contributed by atoms with E-state index in [1.807, 2.05) is 20.8 Å². The molecule has 0 fully saturated rings. The number of ether oxygens (including phenoxy) is 1. The second-order valence-corrected chi connectivity index (χ2v) is 5.78. The molecule has 20 heavy (non-hydrogen) atoms. The van der Waals surface area contributed by atoms with Crippen LogP contribution >= 0.6 is 0 Å². The average molecular weight is 278 g/mol. The van der Waals surface area contributed by atoms with E-state index in [-0.39, 0.29) is 18.0 Å². The van der Waals surface area contributed by atoms with Gasteiger partial charge in [0.05, 0.1) is 17.8 Å². The van der Waals surface area contributed by atoms with E-state index in [0.29, 0.717) is 24.9 Å². The number of carbonyl (C=O) groups excluding carboxylic acids is 2. The van der Waals surface area contributed by atoms with Crippen molar-refractivity contribution in [3.63, 3.8) is 0 Å². The molecule has 0 bridgehead atoms. The van der Waals surface area contributed by atoms with Gasteiger partial charge in [-0.3, -0.25) is 4.79 Å². The lowest BCUT2D eigenvalue weighted by atomic mass is 10.0. The minimum Gasteiger partial charge on any atom is -0.493 e. The van der Waals surface area contributed by atoms with E-state index >= 15 is 0 Å². The highest BCUT2D eigenvalue weighted by molar-refractivity contribution is 5.78. The van der Waals surface area contributed by atoms with Crippen molar-refractivity contribution < 1.29 is 19.4 Å². The van der Waals surface area contributed by atoms with Gasteiger partial charge in [-0.15, -0.1) is 0 Å².